The number of nitrogens with one attached hydrogen (secondary N) is 1. The second-order valence-electron chi connectivity index (χ2n) is 2.35. The van der Waals surface area contributed by atoms with Crippen LogP contribution in [0.5, 0.6) is 0 Å². The Hall–Kier alpha value is -1.09. The molecule has 0 unspecified atom stereocenters. The first kappa shape index (κ1) is 9.00. The van der Waals surface area contributed by atoms with Gasteiger partial charge >= 0.3 is 0 Å². The second kappa shape index (κ2) is 3.54. The molecule has 62 valence electrons. The molecule has 2 nitrogen and oxygen atoms in total. The summed E-state index contributed by atoms with van der Waals surface area (Å²) in [7, 11) is 0. The van der Waals surface area contributed by atoms with Crippen molar-refractivity contribution in [3.05, 3.63) is 44.1 Å². The van der Waals surface area contributed by atoms with Gasteiger partial charge in [-0.3, -0.25) is 4.79 Å². The Bertz CT molecular complexity index is 458. The van der Waals surface area contributed by atoms with E-state index in [0.29, 0.717) is 5.35 Å². The Labute approximate surface area is 78.1 Å². The van der Waals surface area contributed by atoms with Crippen LogP contribution < -0.4 is 16.1 Å². The zero-order chi connectivity index (χ0) is 9.14. The van der Waals surface area contributed by atoms with Gasteiger partial charge in [-0.2, -0.15) is 0 Å². The Morgan fingerprint density at radius 3 is 2.75 bits per heavy atom. The minimum atomic E-state index is -0.141. The van der Waals surface area contributed by atoms with Gasteiger partial charge in [0.1, 0.15) is 0 Å². The van der Waals surface area contributed by atoms with Crippen LogP contribution in [0.3, 0.4) is 0 Å². The molecule has 1 aromatic heterocycles. The standard InChI is InChI=1S/C9H8BrNO/c1-6(10)5-8-3-4-9(12)11-7(8)2/h3-5H,1-2H2,(H,11,12)/b8-5-. The highest BCUT2D eigenvalue weighted by molar-refractivity contribution is 9.12. The SMILES string of the molecule is C=C(Br)/C=c1/ccc(=O)[nH]c1=C. The van der Waals surface area contributed by atoms with E-state index in [0.717, 1.165) is 9.70 Å². The molecule has 0 aliphatic carbocycles. The highest BCUT2D eigenvalue weighted by atomic mass is 79.9. The average Bonchev–Trinajstić information content (AvgIpc) is 1.94. The van der Waals surface area contributed by atoms with Crippen LogP contribution in [0.15, 0.2) is 28.0 Å². The van der Waals surface area contributed by atoms with Crippen LogP contribution in [0.1, 0.15) is 0 Å². The molecule has 0 aromatic carbocycles. The van der Waals surface area contributed by atoms with Crippen molar-refractivity contribution in [2.75, 3.05) is 0 Å². The van der Waals surface area contributed by atoms with Crippen molar-refractivity contribution in [2.24, 2.45) is 0 Å². The quantitative estimate of drug-likeness (QED) is 0.742. The van der Waals surface area contributed by atoms with Crippen molar-refractivity contribution >= 4 is 28.6 Å². The number of aromatic nitrogens is 1. The minimum absolute atomic E-state index is 0.141. The van der Waals surface area contributed by atoms with Crippen molar-refractivity contribution in [3.8, 4) is 0 Å². The summed E-state index contributed by atoms with van der Waals surface area (Å²) in [4.78, 5) is 13.4. The number of aromatic amines is 1. The topological polar surface area (TPSA) is 32.9 Å². The number of H-pyrrole nitrogens is 1. The summed E-state index contributed by atoms with van der Waals surface area (Å²) in [5.41, 5.74) is -0.141. The molecular weight excluding hydrogens is 218 g/mol. The molecule has 0 saturated carbocycles. The highest BCUT2D eigenvalue weighted by Crippen LogP contribution is 1.99. The predicted molar refractivity (Wildman–Crippen MR) is 54.4 cm³/mol. The lowest BCUT2D eigenvalue weighted by molar-refractivity contribution is 1.16. The lowest BCUT2D eigenvalue weighted by Gasteiger charge is -1.87. The predicted octanol–water partition coefficient (Wildman–Crippen LogP) is 0.474. The van der Waals surface area contributed by atoms with Crippen molar-refractivity contribution in [1.82, 2.24) is 4.98 Å². The fraction of sp³-hybridized carbons (Fsp3) is 0. The third kappa shape index (κ3) is 2.20. The molecule has 0 spiro atoms. The molecule has 12 heavy (non-hydrogen) atoms. The van der Waals surface area contributed by atoms with Gasteiger partial charge < -0.3 is 4.98 Å². The summed E-state index contributed by atoms with van der Waals surface area (Å²) < 4.78 is 0.749. The molecule has 1 rings (SSSR count). The molecule has 3 heteroatoms. The summed E-state index contributed by atoms with van der Waals surface area (Å²) in [6, 6.07) is 3.16. The van der Waals surface area contributed by atoms with Crippen molar-refractivity contribution < 1.29 is 0 Å². The fourth-order valence-electron chi connectivity index (χ4n) is 0.833. The molecular formula is C9H8BrNO. The summed E-state index contributed by atoms with van der Waals surface area (Å²) in [6.07, 6.45) is 1.79. The fourth-order valence-corrected chi connectivity index (χ4v) is 1.08. The zero-order valence-corrected chi connectivity index (χ0v) is 8.02. The molecule has 1 aromatic rings. The van der Waals surface area contributed by atoms with E-state index in [2.05, 4.69) is 34.1 Å². The van der Waals surface area contributed by atoms with E-state index in [1.807, 2.05) is 0 Å². The van der Waals surface area contributed by atoms with E-state index in [9.17, 15) is 4.79 Å². The highest BCUT2D eigenvalue weighted by Gasteiger charge is 1.85. The van der Waals surface area contributed by atoms with E-state index >= 15 is 0 Å². The van der Waals surface area contributed by atoms with Crippen LogP contribution in [-0.4, -0.2) is 4.98 Å². The monoisotopic (exact) mass is 225 g/mol. The van der Waals surface area contributed by atoms with Crippen LogP contribution in [0.4, 0.5) is 0 Å². The normalized spacial score (nSPS) is 11.6. The van der Waals surface area contributed by atoms with Gasteiger partial charge in [0.15, 0.2) is 0 Å². The maximum absolute atomic E-state index is 10.8. The smallest absolute Gasteiger partial charge is 0.248 e. The number of hydrogen-bond acceptors (Lipinski definition) is 1. The molecule has 0 atom stereocenters. The van der Waals surface area contributed by atoms with Crippen molar-refractivity contribution in [1.29, 1.82) is 0 Å². The van der Waals surface area contributed by atoms with Crippen LogP contribution in [0, 0.1) is 0 Å². The van der Waals surface area contributed by atoms with Gasteiger partial charge in [-0.15, -0.1) is 0 Å². The molecule has 0 aliphatic rings. The first-order valence-corrected chi connectivity index (χ1v) is 4.13. The van der Waals surface area contributed by atoms with Crippen LogP contribution in [0.2, 0.25) is 0 Å². The van der Waals surface area contributed by atoms with Crippen LogP contribution in [-0.2, 0) is 0 Å². The minimum Gasteiger partial charge on any atom is -0.323 e. The first-order chi connectivity index (χ1) is 5.59. The van der Waals surface area contributed by atoms with E-state index in [-0.39, 0.29) is 5.56 Å². The second-order valence-corrected chi connectivity index (χ2v) is 3.37. The third-order valence-corrected chi connectivity index (χ3v) is 1.58. The maximum Gasteiger partial charge on any atom is 0.248 e. The molecule has 0 saturated heterocycles. The Balaban J connectivity index is 3.48. The molecule has 1 N–H and O–H groups in total. The van der Waals surface area contributed by atoms with E-state index in [1.54, 1.807) is 12.1 Å². The van der Waals surface area contributed by atoms with Gasteiger partial charge in [-0.1, -0.05) is 29.1 Å². The zero-order valence-electron chi connectivity index (χ0n) is 6.43. The summed E-state index contributed by atoms with van der Waals surface area (Å²) in [5.74, 6) is 0. The molecule has 0 bridgehead atoms. The Kier molecular flexibility index (Phi) is 2.65. The number of pyridine rings is 1. The number of hydrogen-bond donors (Lipinski definition) is 1. The van der Waals surface area contributed by atoms with Crippen molar-refractivity contribution in [3.63, 3.8) is 0 Å². The maximum atomic E-state index is 10.8. The van der Waals surface area contributed by atoms with Crippen LogP contribution >= 0.6 is 15.9 Å². The van der Waals surface area contributed by atoms with E-state index in [1.165, 1.54) is 6.07 Å². The molecule has 0 amide bonds. The lowest BCUT2D eigenvalue weighted by atomic mass is 10.3. The number of halogens is 1. The lowest BCUT2D eigenvalue weighted by Crippen LogP contribution is -2.32. The summed E-state index contributed by atoms with van der Waals surface area (Å²) in [5, 5.41) is 1.46. The van der Waals surface area contributed by atoms with Crippen LogP contribution in [0.25, 0.3) is 12.7 Å². The largest absolute Gasteiger partial charge is 0.323 e. The van der Waals surface area contributed by atoms with Gasteiger partial charge in [0, 0.05) is 15.9 Å². The molecule has 1 heterocycles. The number of rotatable bonds is 1. The van der Waals surface area contributed by atoms with Gasteiger partial charge in [-0.25, -0.2) is 0 Å². The van der Waals surface area contributed by atoms with E-state index < -0.39 is 0 Å². The molecule has 0 aliphatic heterocycles. The van der Waals surface area contributed by atoms with Gasteiger partial charge in [0.25, 0.3) is 0 Å². The Morgan fingerprint density at radius 1 is 1.58 bits per heavy atom. The molecule has 0 radical (unpaired) electrons. The van der Waals surface area contributed by atoms with Gasteiger partial charge in [0.05, 0.1) is 0 Å². The molecule has 0 fully saturated rings. The average molecular weight is 226 g/mol. The Morgan fingerprint density at radius 2 is 2.25 bits per heavy atom. The van der Waals surface area contributed by atoms with Crippen molar-refractivity contribution in [2.45, 2.75) is 0 Å². The third-order valence-electron chi connectivity index (χ3n) is 1.35. The van der Waals surface area contributed by atoms with Gasteiger partial charge in [0.2, 0.25) is 5.56 Å². The summed E-state index contributed by atoms with van der Waals surface area (Å²) >= 11 is 3.19. The first-order valence-electron chi connectivity index (χ1n) is 3.34. The van der Waals surface area contributed by atoms with Gasteiger partial charge in [-0.05, 0) is 17.4 Å². The number of allylic oxidation sites excluding steroid dienone is 1. The van der Waals surface area contributed by atoms with E-state index in [4.69, 9.17) is 0 Å². The summed E-state index contributed by atoms with van der Waals surface area (Å²) in [6.45, 7) is 7.34.